The Kier molecular flexibility index (Phi) is 30.1. The Bertz CT molecular complexity index is 1040. The Morgan fingerprint density at radius 3 is 1.57 bits per heavy atom. The molecule has 300 valence electrons. The number of carbonyl (C=O) groups is 1. The fourth-order valence-corrected chi connectivity index (χ4v) is 7.00. The maximum absolute atomic E-state index is 12.5. The molecule has 1 aliphatic heterocycles. The highest BCUT2D eigenvalue weighted by molar-refractivity contribution is 5.69. The summed E-state index contributed by atoms with van der Waals surface area (Å²) in [6.07, 6.45) is 51.6. The van der Waals surface area contributed by atoms with Crippen molar-refractivity contribution in [1.82, 2.24) is 0 Å². The number of rotatable bonds is 35. The van der Waals surface area contributed by atoms with Gasteiger partial charge in [-0.1, -0.05) is 170 Å². The smallest absolute Gasteiger partial charge is 0.306 e. The molecule has 1 saturated heterocycles. The van der Waals surface area contributed by atoms with Gasteiger partial charge in [-0.2, -0.15) is 0 Å². The van der Waals surface area contributed by atoms with Gasteiger partial charge in [0.15, 0.2) is 5.79 Å². The van der Waals surface area contributed by atoms with Gasteiger partial charge in [-0.3, -0.25) is 4.79 Å². The molecule has 0 bridgehead atoms. The van der Waals surface area contributed by atoms with Crippen LogP contribution in [0, 0.1) is 0 Å². The highest BCUT2D eigenvalue weighted by Gasteiger charge is 2.40. The molecule has 1 aromatic carbocycles. The minimum absolute atomic E-state index is 0.0338. The normalized spacial score (nSPS) is 15.9. The average Bonchev–Trinajstić information content (AvgIpc) is 3.59. The average molecular weight is 733 g/mol. The van der Waals surface area contributed by atoms with Crippen LogP contribution in [0.1, 0.15) is 199 Å². The lowest BCUT2D eigenvalue weighted by molar-refractivity contribution is -0.180. The molecule has 4 heteroatoms. The van der Waals surface area contributed by atoms with Crippen molar-refractivity contribution in [2.24, 2.45) is 0 Å². The van der Waals surface area contributed by atoms with Crippen molar-refractivity contribution in [2.75, 3.05) is 6.61 Å². The topological polar surface area (TPSA) is 44.8 Å². The first-order valence-corrected chi connectivity index (χ1v) is 22.3. The molecular weight excluding hydrogens is 653 g/mol. The molecule has 0 aliphatic carbocycles. The van der Waals surface area contributed by atoms with E-state index in [1.54, 1.807) is 0 Å². The first kappa shape index (κ1) is 46.7. The lowest BCUT2D eigenvalue weighted by Crippen LogP contribution is -2.31. The van der Waals surface area contributed by atoms with Crippen LogP contribution in [-0.2, 0) is 25.6 Å². The van der Waals surface area contributed by atoms with Crippen LogP contribution in [0.3, 0.4) is 0 Å². The molecule has 0 N–H and O–H groups in total. The van der Waals surface area contributed by atoms with Crippen LogP contribution in [0.5, 0.6) is 0 Å². The summed E-state index contributed by atoms with van der Waals surface area (Å²) in [6, 6.07) is 9.88. The number of hydrogen-bond acceptors (Lipinski definition) is 4. The van der Waals surface area contributed by atoms with E-state index >= 15 is 0 Å². The lowest BCUT2D eigenvalue weighted by Gasteiger charge is -2.28. The van der Waals surface area contributed by atoms with Gasteiger partial charge in [0.2, 0.25) is 0 Å². The molecular formula is C49H80O4. The summed E-state index contributed by atoms with van der Waals surface area (Å²) < 4.78 is 18.6. The Hall–Kier alpha value is -2.43. The Morgan fingerprint density at radius 2 is 1.08 bits per heavy atom. The van der Waals surface area contributed by atoms with E-state index in [2.05, 4.69) is 62.5 Å². The number of allylic oxidation sites excluding steroid dienone is 8. The zero-order valence-electron chi connectivity index (χ0n) is 34.4. The van der Waals surface area contributed by atoms with Crippen LogP contribution in [0.2, 0.25) is 0 Å². The van der Waals surface area contributed by atoms with Gasteiger partial charge in [-0.25, -0.2) is 0 Å². The van der Waals surface area contributed by atoms with Crippen LogP contribution in [0.4, 0.5) is 0 Å². The van der Waals surface area contributed by atoms with E-state index in [9.17, 15) is 4.79 Å². The van der Waals surface area contributed by atoms with E-state index in [4.69, 9.17) is 14.2 Å². The van der Waals surface area contributed by atoms with E-state index in [1.165, 1.54) is 128 Å². The van der Waals surface area contributed by atoms with E-state index < -0.39 is 5.79 Å². The Labute approximate surface area is 327 Å². The highest BCUT2D eigenvalue weighted by Crippen LogP contribution is 2.36. The number of hydrogen-bond donors (Lipinski definition) is 0. The quantitative estimate of drug-likeness (QED) is 0.0396. The Morgan fingerprint density at radius 1 is 0.623 bits per heavy atom. The van der Waals surface area contributed by atoms with Crippen molar-refractivity contribution in [1.29, 1.82) is 0 Å². The van der Waals surface area contributed by atoms with Gasteiger partial charge < -0.3 is 14.2 Å². The number of carbonyl (C=O) groups excluding carboxylic acids is 1. The summed E-state index contributed by atoms with van der Waals surface area (Å²) in [7, 11) is 0. The van der Waals surface area contributed by atoms with Crippen molar-refractivity contribution >= 4 is 5.97 Å². The van der Waals surface area contributed by atoms with Crippen molar-refractivity contribution in [2.45, 2.75) is 212 Å². The number of benzene rings is 1. The molecule has 0 saturated carbocycles. The predicted molar refractivity (Wildman–Crippen MR) is 227 cm³/mol. The molecule has 1 aromatic rings. The van der Waals surface area contributed by atoms with Crippen molar-refractivity contribution in [3.05, 3.63) is 84.5 Å². The summed E-state index contributed by atoms with van der Waals surface area (Å²) in [5.41, 5.74) is 1.02. The van der Waals surface area contributed by atoms with E-state index in [1.807, 2.05) is 30.3 Å². The maximum atomic E-state index is 12.5. The van der Waals surface area contributed by atoms with E-state index in [0.717, 1.165) is 44.1 Å². The maximum Gasteiger partial charge on any atom is 0.306 e. The standard InChI is InChI=1S/C49H80O4/c1-3-5-7-9-11-13-15-17-19-21-23-25-27-29-31-36-42-49(43-37-32-30-28-26-24-22-20-18-16-14-12-10-8-6-4-2)52-45-47(53-49)40-41-48(50)51-44-46-38-34-33-35-39-46/h11-14,17-20,33-35,38-39,47H,3-10,15-16,21-32,36-37,40-45H2,1-2H3/b13-11-,14-12-,19-17-,20-18-/t47-/m0/s1. The summed E-state index contributed by atoms with van der Waals surface area (Å²) in [4.78, 5) is 12.5. The molecule has 1 atom stereocenters. The van der Waals surface area contributed by atoms with Crippen LogP contribution < -0.4 is 0 Å². The summed E-state index contributed by atoms with van der Waals surface area (Å²) >= 11 is 0. The fourth-order valence-electron chi connectivity index (χ4n) is 7.00. The summed E-state index contributed by atoms with van der Waals surface area (Å²) in [6.45, 7) is 5.43. The third kappa shape index (κ3) is 26.9. The molecule has 0 aromatic heterocycles. The predicted octanol–water partition coefficient (Wildman–Crippen LogP) is 15.0. The molecule has 0 unspecified atom stereocenters. The molecule has 0 radical (unpaired) electrons. The third-order valence-electron chi connectivity index (χ3n) is 10.3. The highest BCUT2D eigenvalue weighted by atomic mass is 16.7. The summed E-state index contributed by atoms with van der Waals surface area (Å²) in [5.74, 6) is -0.645. The van der Waals surface area contributed by atoms with Crippen LogP contribution in [0.25, 0.3) is 0 Å². The monoisotopic (exact) mass is 733 g/mol. The number of ether oxygens (including phenoxy) is 3. The third-order valence-corrected chi connectivity index (χ3v) is 10.3. The van der Waals surface area contributed by atoms with Gasteiger partial charge in [-0.05, 0) is 89.0 Å². The van der Waals surface area contributed by atoms with E-state index in [-0.39, 0.29) is 12.1 Å². The minimum Gasteiger partial charge on any atom is -0.461 e. The molecule has 0 spiro atoms. The SMILES string of the molecule is CCCCC/C=C\C/C=C\CCCCCCCCC1(CCCCCCCC/C=C\C/C=C\CCCCC)OC[C@H](CCC(=O)OCc2ccccc2)O1. The first-order chi connectivity index (χ1) is 26.2. The second kappa shape index (κ2) is 34.1. The number of unbranched alkanes of at least 4 members (excludes halogenated alkanes) is 18. The molecule has 1 fully saturated rings. The van der Waals surface area contributed by atoms with Gasteiger partial charge in [0.1, 0.15) is 6.61 Å². The largest absolute Gasteiger partial charge is 0.461 e. The van der Waals surface area contributed by atoms with Gasteiger partial charge in [0.05, 0.1) is 12.7 Å². The van der Waals surface area contributed by atoms with Crippen LogP contribution >= 0.6 is 0 Å². The first-order valence-electron chi connectivity index (χ1n) is 22.3. The van der Waals surface area contributed by atoms with Gasteiger partial charge in [0.25, 0.3) is 0 Å². The van der Waals surface area contributed by atoms with Crippen molar-refractivity contribution in [3.63, 3.8) is 0 Å². The number of esters is 1. The van der Waals surface area contributed by atoms with Gasteiger partial charge in [0, 0.05) is 19.3 Å². The van der Waals surface area contributed by atoms with Crippen molar-refractivity contribution in [3.8, 4) is 0 Å². The fraction of sp³-hybridized carbons (Fsp3) is 0.694. The Balaban J connectivity index is 1.63. The summed E-state index contributed by atoms with van der Waals surface area (Å²) in [5, 5.41) is 0. The van der Waals surface area contributed by atoms with Crippen LogP contribution in [-0.4, -0.2) is 24.5 Å². The van der Waals surface area contributed by atoms with Crippen LogP contribution in [0.15, 0.2) is 78.9 Å². The molecule has 2 rings (SSSR count). The van der Waals surface area contributed by atoms with Crippen molar-refractivity contribution < 1.29 is 19.0 Å². The second-order valence-corrected chi connectivity index (χ2v) is 15.3. The lowest BCUT2D eigenvalue weighted by atomic mass is 9.98. The van der Waals surface area contributed by atoms with Gasteiger partial charge >= 0.3 is 5.97 Å². The van der Waals surface area contributed by atoms with Gasteiger partial charge in [-0.15, -0.1) is 0 Å². The molecule has 0 amide bonds. The zero-order chi connectivity index (χ0) is 37.8. The zero-order valence-corrected chi connectivity index (χ0v) is 34.4. The minimum atomic E-state index is -0.483. The second-order valence-electron chi connectivity index (χ2n) is 15.3. The molecule has 53 heavy (non-hydrogen) atoms. The molecule has 4 nitrogen and oxygen atoms in total. The van der Waals surface area contributed by atoms with E-state index in [0.29, 0.717) is 26.1 Å². The molecule has 1 heterocycles. The molecule has 1 aliphatic rings.